The van der Waals surface area contributed by atoms with E-state index in [0.29, 0.717) is 12.5 Å². The maximum Gasteiger partial charge on any atom is 0.207 e. The molecular formula is C12H10BrF2N3. The van der Waals surface area contributed by atoms with Crippen molar-refractivity contribution in [2.45, 2.75) is 6.54 Å². The Morgan fingerprint density at radius 1 is 1.39 bits per heavy atom. The predicted molar refractivity (Wildman–Crippen MR) is 69.8 cm³/mol. The van der Waals surface area contributed by atoms with Crippen molar-refractivity contribution in [1.29, 1.82) is 0 Å². The smallest absolute Gasteiger partial charge is 0.207 e. The Balaban J connectivity index is 2.31. The number of hydrogen-bond acceptors (Lipinski definition) is 2. The van der Waals surface area contributed by atoms with Gasteiger partial charge in [0.25, 0.3) is 0 Å². The lowest BCUT2D eigenvalue weighted by atomic mass is 10.3. The molecule has 2 rings (SSSR count). The van der Waals surface area contributed by atoms with Gasteiger partial charge < -0.3 is 9.88 Å². The maximum atomic E-state index is 13.6. The normalized spacial score (nSPS) is 10.4. The van der Waals surface area contributed by atoms with Gasteiger partial charge in [-0.3, -0.25) is 0 Å². The summed E-state index contributed by atoms with van der Waals surface area (Å²) in [6, 6.07) is 2.14. The monoisotopic (exact) mass is 313 g/mol. The van der Waals surface area contributed by atoms with E-state index in [0.717, 1.165) is 12.1 Å². The number of aromatic nitrogens is 2. The Kier molecular flexibility index (Phi) is 3.76. The highest BCUT2D eigenvalue weighted by Crippen LogP contribution is 2.25. The molecule has 0 bridgehead atoms. The first-order valence-corrected chi connectivity index (χ1v) is 5.94. The van der Waals surface area contributed by atoms with E-state index in [9.17, 15) is 8.78 Å². The van der Waals surface area contributed by atoms with E-state index < -0.39 is 11.6 Å². The largest absolute Gasteiger partial charge is 0.323 e. The fourth-order valence-electron chi connectivity index (χ4n) is 1.46. The second-order valence-electron chi connectivity index (χ2n) is 3.56. The van der Waals surface area contributed by atoms with Crippen LogP contribution < -0.4 is 5.32 Å². The van der Waals surface area contributed by atoms with Crippen LogP contribution in [0.3, 0.4) is 0 Å². The third-order valence-corrected chi connectivity index (χ3v) is 2.91. The van der Waals surface area contributed by atoms with E-state index in [2.05, 4.69) is 32.8 Å². The van der Waals surface area contributed by atoms with Crippen molar-refractivity contribution >= 4 is 27.6 Å². The van der Waals surface area contributed by atoms with Gasteiger partial charge in [0.1, 0.15) is 11.6 Å². The number of hydrogen-bond donors (Lipinski definition) is 1. The quantitative estimate of drug-likeness (QED) is 0.686. The van der Waals surface area contributed by atoms with Crippen LogP contribution in [0, 0.1) is 11.6 Å². The highest BCUT2D eigenvalue weighted by molar-refractivity contribution is 9.10. The standard InChI is InChI=1S/C12H10BrF2N3/c1-2-4-18-5-3-16-12(18)17-11-7-9(14)8(13)6-10(11)15/h2-3,5-7H,1,4H2,(H,16,17). The molecule has 0 aliphatic carbocycles. The van der Waals surface area contributed by atoms with E-state index in [-0.39, 0.29) is 10.2 Å². The van der Waals surface area contributed by atoms with Crippen LogP contribution in [0.4, 0.5) is 20.4 Å². The van der Waals surface area contributed by atoms with Crippen molar-refractivity contribution in [3.8, 4) is 0 Å². The van der Waals surface area contributed by atoms with Crippen LogP contribution in [-0.2, 0) is 6.54 Å². The maximum absolute atomic E-state index is 13.6. The highest BCUT2D eigenvalue weighted by atomic mass is 79.9. The van der Waals surface area contributed by atoms with E-state index >= 15 is 0 Å². The Bertz CT molecular complexity index is 581. The van der Waals surface area contributed by atoms with Crippen molar-refractivity contribution < 1.29 is 8.78 Å². The van der Waals surface area contributed by atoms with Gasteiger partial charge >= 0.3 is 0 Å². The lowest BCUT2D eigenvalue weighted by molar-refractivity contribution is 0.597. The van der Waals surface area contributed by atoms with E-state index in [1.165, 1.54) is 0 Å². The van der Waals surface area contributed by atoms with Gasteiger partial charge in [0, 0.05) is 25.0 Å². The van der Waals surface area contributed by atoms with Crippen molar-refractivity contribution in [3.05, 3.63) is 53.3 Å². The average molecular weight is 314 g/mol. The van der Waals surface area contributed by atoms with Crippen LogP contribution in [0.5, 0.6) is 0 Å². The number of nitrogens with one attached hydrogen (secondary N) is 1. The summed E-state index contributed by atoms with van der Waals surface area (Å²) >= 11 is 2.92. The molecule has 18 heavy (non-hydrogen) atoms. The molecule has 0 spiro atoms. The summed E-state index contributed by atoms with van der Waals surface area (Å²) < 4.78 is 28.8. The Labute approximate surface area is 111 Å². The van der Waals surface area contributed by atoms with Gasteiger partial charge in [-0.2, -0.15) is 0 Å². The lowest BCUT2D eigenvalue weighted by Gasteiger charge is -2.09. The lowest BCUT2D eigenvalue weighted by Crippen LogP contribution is -2.03. The van der Waals surface area contributed by atoms with Crippen LogP contribution in [0.2, 0.25) is 0 Å². The summed E-state index contributed by atoms with van der Waals surface area (Å²) in [7, 11) is 0. The molecule has 0 aliphatic rings. The summed E-state index contributed by atoms with van der Waals surface area (Å²) in [5.41, 5.74) is 0.0345. The second kappa shape index (κ2) is 5.30. The average Bonchev–Trinajstić information content (AvgIpc) is 2.74. The molecule has 2 aromatic rings. The Morgan fingerprint density at radius 3 is 2.89 bits per heavy atom. The molecule has 0 unspecified atom stereocenters. The van der Waals surface area contributed by atoms with E-state index in [1.54, 1.807) is 23.0 Å². The van der Waals surface area contributed by atoms with Crippen molar-refractivity contribution in [3.63, 3.8) is 0 Å². The molecule has 6 heteroatoms. The third-order valence-electron chi connectivity index (χ3n) is 2.30. The fourth-order valence-corrected chi connectivity index (χ4v) is 1.77. The van der Waals surface area contributed by atoms with Crippen LogP contribution in [0.25, 0.3) is 0 Å². The van der Waals surface area contributed by atoms with Crippen molar-refractivity contribution in [1.82, 2.24) is 9.55 Å². The summed E-state index contributed by atoms with van der Waals surface area (Å²) in [4.78, 5) is 4.03. The van der Waals surface area contributed by atoms with Crippen LogP contribution in [-0.4, -0.2) is 9.55 Å². The van der Waals surface area contributed by atoms with Gasteiger partial charge in [-0.15, -0.1) is 6.58 Å². The van der Waals surface area contributed by atoms with Crippen molar-refractivity contribution in [2.75, 3.05) is 5.32 Å². The molecule has 0 amide bonds. The van der Waals surface area contributed by atoms with Gasteiger partial charge in [-0.05, 0) is 22.0 Å². The molecule has 0 atom stereocenters. The minimum atomic E-state index is -0.559. The Hall–Kier alpha value is -1.69. The molecule has 94 valence electrons. The summed E-state index contributed by atoms with van der Waals surface area (Å²) in [6.45, 7) is 4.14. The molecule has 0 radical (unpaired) electrons. The summed E-state index contributed by atoms with van der Waals surface area (Å²) in [6.07, 6.45) is 4.97. The van der Waals surface area contributed by atoms with Gasteiger partial charge in [0.15, 0.2) is 0 Å². The van der Waals surface area contributed by atoms with Gasteiger partial charge in [0.05, 0.1) is 10.2 Å². The van der Waals surface area contributed by atoms with Crippen molar-refractivity contribution in [2.24, 2.45) is 0 Å². The number of benzene rings is 1. The number of anilines is 2. The van der Waals surface area contributed by atoms with Crippen LogP contribution in [0.15, 0.2) is 41.7 Å². The number of halogens is 3. The minimum absolute atomic E-state index is 0.0345. The van der Waals surface area contributed by atoms with Crippen LogP contribution in [0.1, 0.15) is 0 Å². The molecule has 1 heterocycles. The second-order valence-corrected chi connectivity index (χ2v) is 4.42. The summed E-state index contributed by atoms with van der Waals surface area (Å²) in [5, 5.41) is 2.74. The minimum Gasteiger partial charge on any atom is -0.323 e. The molecule has 1 aromatic heterocycles. The highest BCUT2D eigenvalue weighted by Gasteiger charge is 2.10. The number of nitrogens with zero attached hydrogens (tertiary/aromatic N) is 2. The zero-order chi connectivity index (χ0) is 13.1. The molecule has 1 N–H and O–H groups in total. The summed E-state index contributed by atoms with van der Waals surface area (Å²) in [5.74, 6) is -0.673. The number of allylic oxidation sites excluding steroid dienone is 1. The zero-order valence-corrected chi connectivity index (χ0v) is 10.9. The molecule has 3 nitrogen and oxygen atoms in total. The first-order chi connectivity index (χ1) is 8.61. The van der Waals surface area contributed by atoms with E-state index in [4.69, 9.17) is 0 Å². The molecule has 0 saturated heterocycles. The third kappa shape index (κ3) is 2.59. The molecule has 0 saturated carbocycles. The first-order valence-electron chi connectivity index (χ1n) is 5.15. The SMILES string of the molecule is C=CCn1ccnc1Nc1cc(F)c(Br)cc1F. The Morgan fingerprint density at radius 2 is 2.17 bits per heavy atom. The van der Waals surface area contributed by atoms with E-state index in [1.807, 2.05) is 0 Å². The first kappa shape index (κ1) is 12.8. The molecule has 0 fully saturated rings. The van der Waals surface area contributed by atoms with Gasteiger partial charge in [-0.25, -0.2) is 13.8 Å². The molecule has 1 aromatic carbocycles. The molecular weight excluding hydrogens is 304 g/mol. The number of imidazole rings is 1. The zero-order valence-electron chi connectivity index (χ0n) is 9.33. The predicted octanol–water partition coefficient (Wildman–Crippen LogP) is 3.85. The van der Waals surface area contributed by atoms with Gasteiger partial charge in [-0.1, -0.05) is 6.08 Å². The number of rotatable bonds is 4. The van der Waals surface area contributed by atoms with Gasteiger partial charge in [0.2, 0.25) is 5.95 Å². The molecule has 0 aliphatic heterocycles. The topological polar surface area (TPSA) is 29.9 Å². The van der Waals surface area contributed by atoms with Crippen LogP contribution >= 0.6 is 15.9 Å². The fraction of sp³-hybridized carbons (Fsp3) is 0.0833.